The highest BCUT2D eigenvalue weighted by molar-refractivity contribution is 9.10. The Bertz CT molecular complexity index is 1100. The van der Waals surface area contributed by atoms with E-state index in [2.05, 4.69) is 26.0 Å². The Hall–Kier alpha value is -2.42. The van der Waals surface area contributed by atoms with Crippen LogP contribution in [0.25, 0.3) is 10.8 Å². The predicted octanol–water partition coefficient (Wildman–Crippen LogP) is 3.47. The molecule has 0 fully saturated rings. The van der Waals surface area contributed by atoms with Gasteiger partial charge in [0, 0.05) is 17.4 Å². The summed E-state index contributed by atoms with van der Waals surface area (Å²) in [6.07, 6.45) is 0.0453. The molecule has 8 heteroatoms. The van der Waals surface area contributed by atoms with Crippen molar-refractivity contribution < 1.29 is 17.9 Å². The van der Waals surface area contributed by atoms with E-state index in [1.54, 1.807) is 18.2 Å². The number of nitrogens with one attached hydrogen (secondary N) is 2. The number of benzene rings is 3. The Morgan fingerprint density at radius 3 is 2.52 bits per heavy atom. The molecular formula is C21H21BrN2O4S. The van der Waals surface area contributed by atoms with E-state index in [0.717, 1.165) is 15.2 Å². The molecule has 0 aliphatic heterocycles. The van der Waals surface area contributed by atoms with Crippen LogP contribution in [0.3, 0.4) is 0 Å². The second-order valence-electron chi connectivity index (χ2n) is 6.31. The lowest BCUT2D eigenvalue weighted by atomic mass is 10.1. The molecule has 2 N–H and O–H groups in total. The maximum Gasteiger partial charge on any atom is 0.240 e. The molecule has 0 aliphatic carbocycles. The topological polar surface area (TPSA) is 84.5 Å². The average Bonchev–Trinajstić information content (AvgIpc) is 2.71. The monoisotopic (exact) mass is 476 g/mol. The molecule has 0 bridgehead atoms. The van der Waals surface area contributed by atoms with Crippen molar-refractivity contribution in [3.05, 3.63) is 71.2 Å². The normalized spacial score (nSPS) is 11.3. The molecule has 0 spiro atoms. The van der Waals surface area contributed by atoms with Gasteiger partial charge in [0.2, 0.25) is 15.9 Å². The molecule has 3 rings (SSSR count). The lowest BCUT2D eigenvalue weighted by molar-refractivity contribution is -0.121. The van der Waals surface area contributed by atoms with E-state index >= 15 is 0 Å². The molecule has 0 heterocycles. The zero-order valence-electron chi connectivity index (χ0n) is 15.6. The third-order valence-electron chi connectivity index (χ3n) is 4.16. The number of ether oxygens (including phenoxy) is 1. The SMILES string of the molecule is O=C(CCNS(=O)(=O)c1ccc2ccccc2c1)NCCOc1cccc(Br)c1. The largest absolute Gasteiger partial charge is 0.492 e. The molecule has 152 valence electrons. The van der Waals surface area contributed by atoms with E-state index in [1.165, 1.54) is 0 Å². The molecular weight excluding hydrogens is 456 g/mol. The van der Waals surface area contributed by atoms with Gasteiger partial charge in [0.25, 0.3) is 0 Å². The highest BCUT2D eigenvalue weighted by atomic mass is 79.9. The maximum atomic E-state index is 12.4. The predicted molar refractivity (Wildman–Crippen MR) is 116 cm³/mol. The van der Waals surface area contributed by atoms with Crippen molar-refractivity contribution in [1.82, 2.24) is 10.0 Å². The molecule has 3 aromatic rings. The highest BCUT2D eigenvalue weighted by Crippen LogP contribution is 2.19. The summed E-state index contributed by atoms with van der Waals surface area (Å²) in [4.78, 5) is 12.1. The molecule has 0 atom stereocenters. The van der Waals surface area contributed by atoms with Crippen LogP contribution in [0.2, 0.25) is 0 Å². The summed E-state index contributed by atoms with van der Waals surface area (Å²) in [5, 5.41) is 4.52. The number of hydrogen-bond donors (Lipinski definition) is 2. The number of rotatable bonds is 9. The van der Waals surface area contributed by atoms with Gasteiger partial charge in [-0.05, 0) is 41.1 Å². The van der Waals surface area contributed by atoms with E-state index in [1.807, 2.05) is 48.5 Å². The molecule has 0 radical (unpaired) electrons. The van der Waals surface area contributed by atoms with Crippen LogP contribution in [0.15, 0.2) is 76.1 Å². The van der Waals surface area contributed by atoms with Crippen LogP contribution in [0.5, 0.6) is 5.75 Å². The number of sulfonamides is 1. The van der Waals surface area contributed by atoms with E-state index in [4.69, 9.17) is 4.74 Å². The molecule has 0 saturated carbocycles. The molecule has 29 heavy (non-hydrogen) atoms. The van der Waals surface area contributed by atoms with Crippen molar-refractivity contribution in [2.45, 2.75) is 11.3 Å². The third kappa shape index (κ3) is 6.28. The lowest BCUT2D eigenvalue weighted by Crippen LogP contribution is -2.32. The second kappa shape index (κ2) is 9.87. The van der Waals surface area contributed by atoms with Crippen molar-refractivity contribution in [3.8, 4) is 5.75 Å². The smallest absolute Gasteiger partial charge is 0.240 e. The van der Waals surface area contributed by atoms with Gasteiger partial charge in [-0.3, -0.25) is 4.79 Å². The third-order valence-corrected chi connectivity index (χ3v) is 6.12. The first-order chi connectivity index (χ1) is 13.9. The fourth-order valence-electron chi connectivity index (χ4n) is 2.72. The van der Waals surface area contributed by atoms with Gasteiger partial charge in [0.15, 0.2) is 0 Å². The number of halogens is 1. The summed E-state index contributed by atoms with van der Waals surface area (Å²) in [5.74, 6) is 0.459. The molecule has 1 amide bonds. The minimum atomic E-state index is -3.67. The van der Waals surface area contributed by atoms with Crippen molar-refractivity contribution in [2.75, 3.05) is 19.7 Å². The first-order valence-electron chi connectivity index (χ1n) is 9.07. The van der Waals surface area contributed by atoms with Crippen LogP contribution in [-0.2, 0) is 14.8 Å². The van der Waals surface area contributed by atoms with Gasteiger partial charge in [-0.2, -0.15) is 0 Å². The standard InChI is InChI=1S/C21H21BrN2O4S/c22-18-6-3-7-19(15-18)28-13-12-23-21(25)10-11-24-29(26,27)20-9-8-16-4-1-2-5-17(16)14-20/h1-9,14-15,24H,10-13H2,(H,23,25). The minimum absolute atomic E-state index is 0.0213. The summed E-state index contributed by atoms with van der Waals surface area (Å²) < 4.78 is 33.8. The van der Waals surface area contributed by atoms with Crippen molar-refractivity contribution in [1.29, 1.82) is 0 Å². The van der Waals surface area contributed by atoms with E-state index in [9.17, 15) is 13.2 Å². The van der Waals surface area contributed by atoms with Gasteiger partial charge < -0.3 is 10.1 Å². The average molecular weight is 477 g/mol. The highest BCUT2D eigenvalue weighted by Gasteiger charge is 2.14. The second-order valence-corrected chi connectivity index (χ2v) is 9.00. The van der Waals surface area contributed by atoms with Crippen molar-refractivity contribution in [3.63, 3.8) is 0 Å². The van der Waals surface area contributed by atoms with Gasteiger partial charge in [0.05, 0.1) is 11.4 Å². The molecule has 0 saturated heterocycles. The van der Waals surface area contributed by atoms with Gasteiger partial charge in [-0.25, -0.2) is 13.1 Å². The summed E-state index contributed by atoms with van der Waals surface area (Å²) in [5.41, 5.74) is 0. The first kappa shape index (κ1) is 21.3. The Morgan fingerprint density at radius 2 is 1.72 bits per heavy atom. The zero-order valence-corrected chi connectivity index (χ0v) is 18.0. The molecule has 0 aromatic heterocycles. The number of carbonyl (C=O) groups excluding carboxylic acids is 1. The number of amides is 1. The van der Waals surface area contributed by atoms with Crippen LogP contribution in [0.1, 0.15) is 6.42 Å². The van der Waals surface area contributed by atoms with E-state index in [0.29, 0.717) is 18.9 Å². The fraction of sp³-hybridized carbons (Fsp3) is 0.190. The molecule has 3 aromatic carbocycles. The Balaban J connectivity index is 1.41. The van der Waals surface area contributed by atoms with Gasteiger partial charge in [-0.1, -0.05) is 52.3 Å². The van der Waals surface area contributed by atoms with Crippen LogP contribution < -0.4 is 14.8 Å². The summed E-state index contributed by atoms with van der Waals surface area (Å²) in [7, 11) is -3.67. The van der Waals surface area contributed by atoms with Gasteiger partial charge in [-0.15, -0.1) is 0 Å². The van der Waals surface area contributed by atoms with E-state index < -0.39 is 10.0 Å². The fourth-order valence-corrected chi connectivity index (χ4v) is 4.17. The zero-order chi connectivity index (χ0) is 20.7. The number of carbonyl (C=O) groups is 1. The Morgan fingerprint density at radius 1 is 0.931 bits per heavy atom. The van der Waals surface area contributed by atoms with Gasteiger partial charge in [0.1, 0.15) is 12.4 Å². The lowest BCUT2D eigenvalue weighted by Gasteiger charge is -2.09. The van der Waals surface area contributed by atoms with Crippen molar-refractivity contribution >= 4 is 42.6 Å². The molecule has 6 nitrogen and oxygen atoms in total. The molecule has 0 unspecified atom stereocenters. The number of hydrogen-bond acceptors (Lipinski definition) is 4. The van der Waals surface area contributed by atoms with Crippen LogP contribution in [-0.4, -0.2) is 34.0 Å². The Labute approximate surface area is 178 Å². The van der Waals surface area contributed by atoms with Crippen LogP contribution in [0, 0.1) is 0 Å². The van der Waals surface area contributed by atoms with Gasteiger partial charge >= 0.3 is 0 Å². The first-order valence-corrected chi connectivity index (χ1v) is 11.4. The van der Waals surface area contributed by atoms with E-state index in [-0.39, 0.29) is 23.8 Å². The Kier molecular flexibility index (Phi) is 7.24. The van der Waals surface area contributed by atoms with Crippen LogP contribution in [0.4, 0.5) is 0 Å². The quantitative estimate of drug-likeness (QED) is 0.463. The minimum Gasteiger partial charge on any atom is -0.492 e. The summed E-state index contributed by atoms with van der Waals surface area (Å²) in [6.45, 7) is 0.682. The van der Waals surface area contributed by atoms with Crippen LogP contribution >= 0.6 is 15.9 Å². The molecule has 0 aliphatic rings. The van der Waals surface area contributed by atoms with Crippen molar-refractivity contribution in [2.24, 2.45) is 0 Å². The summed E-state index contributed by atoms with van der Waals surface area (Å²) in [6, 6.07) is 19.9. The number of fused-ring (bicyclic) bond motifs is 1. The summed E-state index contributed by atoms with van der Waals surface area (Å²) >= 11 is 3.36. The maximum absolute atomic E-state index is 12.4.